The molecule has 172 valence electrons. The number of imide groups is 1. The highest BCUT2D eigenvalue weighted by Crippen LogP contribution is 2.34. The highest BCUT2D eigenvalue weighted by Gasteiger charge is 2.40. The van der Waals surface area contributed by atoms with Crippen LogP contribution in [0.5, 0.6) is 5.75 Å². The number of benzene rings is 2. The molecule has 1 N–H and O–H groups in total. The first-order valence-corrected chi connectivity index (χ1v) is 10.7. The maximum atomic E-state index is 13.2. The number of nitrogens with one attached hydrogen (secondary N) is 1. The van der Waals surface area contributed by atoms with E-state index in [0.29, 0.717) is 43.2 Å². The Kier molecular flexibility index (Phi) is 4.40. The third kappa shape index (κ3) is 4.62. The van der Waals surface area contributed by atoms with Crippen LogP contribution in [0.2, 0.25) is 0 Å². The monoisotopic (exact) mass is 455 g/mol. The highest BCUT2D eigenvalue weighted by molar-refractivity contribution is 6.05. The lowest BCUT2D eigenvalue weighted by atomic mass is 10.0. The topological polar surface area (TPSA) is 88.2 Å². The van der Waals surface area contributed by atoms with Gasteiger partial charge in [-0.1, -0.05) is 30.3 Å². The molecule has 8 heteroatoms. The summed E-state index contributed by atoms with van der Waals surface area (Å²) in [7, 11) is 0. The molecule has 33 heavy (non-hydrogen) atoms. The molecule has 1 atom stereocenters. The Balaban J connectivity index is 1.32. The van der Waals surface area contributed by atoms with Crippen molar-refractivity contribution in [2.75, 3.05) is 26.3 Å². The third-order valence-electron chi connectivity index (χ3n) is 5.72. The molecule has 2 saturated heterocycles. The van der Waals surface area contributed by atoms with Crippen molar-refractivity contribution >= 4 is 17.7 Å². The maximum absolute atomic E-state index is 13.2. The molecule has 5 rings (SSSR count). The first-order chi connectivity index (χ1) is 18.4. The smallest absolute Gasteiger partial charge is 0.255 e. The minimum atomic E-state index is -3.02. The van der Waals surface area contributed by atoms with Gasteiger partial charge in [0.15, 0.2) is 0 Å². The van der Waals surface area contributed by atoms with Crippen LogP contribution in [-0.2, 0) is 34.0 Å². The van der Waals surface area contributed by atoms with E-state index in [0.717, 1.165) is 10.5 Å². The van der Waals surface area contributed by atoms with E-state index in [9.17, 15) is 14.4 Å². The fourth-order valence-corrected chi connectivity index (χ4v) is 3.99. The number of hydrogen-bond donors (Lipinski definition) is 1. The number of fused-ring (bicyclic) bond motifs is 1. The summed E-state index contributed by atoms with van der Waals surface area (Å²) in [5.41, 5.74) is 1.88. The zero-order valence-corrected chi connectivity index (χ0v) is 17.8. The second-order valence-electron chi connectivity index (χ2n) is 7.90. The van der Waals surface area contributed by atoms with E-state index in [2.05, 4.69) is 0 Å². The summed E-state index contributed by atoms with van der Waals surface area (Å²) in [5, 5.41) is 1.84. The van der Waals surface area contributed by atoms with E-state index in [1.54, 1.807) is 41.3 Å². The molecule has 8 nitrogen and oxygen atoms in total. The molecule has 3 amide bonds. The van der Waals surface area contributed by atoms with Gasteiger partial charge in [-0.05, 0) is 29.6 Å². The molecule has 0 saturated carbocycles. The van der Waals surface area contributed by atoms with Crippen LogP contribution in [0.25, 0.3) is 0 Å². The average molecular weight is 456 g/mol. The average Bonchev–Trinajstić information content (AvgIpc) is 3.23. The summed E-state index contributed by atoms with van der Waals surface area (Å²) < 4.78 is 60.6. The number of carbonyl (C=O) groups is 3. The summed E-state index contributed by atoms with van der Waals surface area (Å²) in [5.74, 6) is -2.79. The van der Waals surface area contributed by atoms with Crippen molar-refractivity contribution in [3.63, 3.8) is 0 Å². The zero-order chi connectivity index (χ0) is 28.2. The molecule has 2 aromatic carbocycles. The van der Waals surface area contributed by atoms with Crippen LogP contribution in [0, 0.1) is 0 Å². The van der Waals surface area contributed by atoms with Gasteiger partial charge in [-0.15, -0.1) is 0 Å². The number of carbonyl (C=O) groups excluding carboxylic acids is 3. The molecule has 0 aliphatic carbocycles. The lowest BCUT2D eigenvalue weighted by Gasteiger charge is -2.29. The number of morpholine rings is 1. The van der Waals surface area contributed by atoms with E-state index in [4.69, 9.17) is 17.7 Å². The van der Waals surface area contributed by atoms with Crippen LogP contribution in [0.15, 0.2) is 42.5 Å². The van der Waals surface area contributed by atoms with Gasteiger partial charge in [0.25, 0.3) is 5.91 Å². The van der Waals surface area contributed by atoms with Gasteiger partial charge in [-0.2, -0.15) is 0 Å². The van der Waals surface area contributed by atoms with E-state index in [-0.39, 0.29) is 18.7 Å². The molecule has 3 aliphatic rings. The normalized spacial score (nSPS) is 27.3. The molecular weight excluding hydrogens is 422 g/mol. The number of amides is 3. The van der Waals surface area contributed by atoms with Crippen molar-refractivity contribution in [1.82, 2.24) is 15.1 Å². The van der Waals surface area contributed by atoms with Gasteiger partial charge in [-0.25, -0.2) is 0 Å². The van der Waals surface area contributed by atoms with E-state index in [1.165, 1.54) is 6.07 Å². The summed E-state index contributed by atoms with van der Waals surface area (Å²) in [6, 6.07) is 9.81. The standard InChI is InChI=1S/C25H27N3O5/c29-23-9-8-21(24(30)26-23)28-15-20-19(25(28)31)2-1-3-22(20)33-16-18-6-4-17(5-7-18)14-27-10-12-32-13-11-27/h1-7,21H,8-16H2,(H,26,29,30)/t21-/m0/s1/i8D2,9D2,14D2. The van der Waals surface area contributed by atoms with Crippen LogP contribution in [-0.4, -0.2) is 59.9 Å². The SMILES string of the molecule is [2H]C([2H])(c1ccc(COc2cccc3c2CN([C@@H]2C(=O)NC(=O)C([2H])([2H])C2([2H])[2H])C3=O)cc1)N1CCOCC1. The van der Waals surface area contributed by atoms with E-state index < -0.39 is 43.0 Å². The van der Waals surface area contributed by atoms with Crippen LogP contribution in [0.1, 0.15) is 48.0 Å². The van der Waals surface area contributed by atoms with Crippen LogP contribution < -0.4 is 10.1 Å². The fraction of sp³-hybridized carbons (Fsp3) is 0.400. The molecule has 3 heterocycles. The van der Waals surface area contributed by atoms with Crippen molar-refractivity contribution in [2.24, 2.45) is 0 Å². The molecule has 0 aromatic heterocycles. The van der Waals surface area contributed by atoms with Gasteiger partial charge < -0.3 is 14.4 Å². The number of rotatable bonds is 6. The minimum Gasteiger partial charge on any atom is -0.489 e. The summed E-state index contributed by atoms with van der Waals surface area (Å²) in [4.78, 5) is 40.4. The Morgan fingerprint density at radius 3 is 2.64 bits per heavy atom. The molecule has 0 spiro atoms. The first-order valence-electron chi connectivity index (χ1n) is 13.7. The van der Waals surface area contributed by atoms with E-state index in [1.807, 2.05) is 5.32 Å². The quantitative estimate of drug-likeness (QED) is 0.669. The van der Waals surface area contributed by atoms with Crippen LogP contribution in [0.4, 0.5) is 0 Å². The van der Waals surface area contributed by atoms with Crippen molar-refractivity contribution in [2.45, 2.75) is 38.4 Å². The zero-order valence-electron chi connectivity index (χ0n) is 23.8. The molecule has 3 aliphatic heterocycles. The van der Waals surface area contributed by atoms with Gasteiger partial charge in [0.1, 0.15) is 18.4 Å². The molecule has 2 fully saturated rings. The lowest BCUT2D eigenvalue weighted by Crippen LogP contribution is -2.52. The maximum Gasteiger partial charge on any atom is 0.255 e. The Labute approximate surface area is 200 Å². The van der Waals surface area contributed by atoms with Gasteiger partial charge in [0.2, 0.25) is 11.8 Å². The largest absolute Gasteiger partial charge is 0.489 e. The Morgan fingerprint density at radius 2 is 1.85 bits per heavy atom. The lowest BCUT2D eigenvalue weighted by molar-refractivity contribution is -0.136. The van der Waals surface area contributed by atoms with Gasteiger partial charge in [0.05, 0.1) is 19.8 Å². The molecule has 2 aromatic rings. The van der Waals surface area contributed by atoms with Crippen molar-refractivity contribution in [1.29, 1.82) is 0 Å². The predicted molar refractivity (Wildman–Crippen MR) is 119 cm³/mol. The molecule has 0 bridgehead atoms. The van der Waals surface area contributed by atoms with Gasteiger partial charge >= 0.3 is 0 Å². The predicted octanol–water partition coefficient (Wildman–Crippen LogP) is 1.86. The first kappa shape index (κ1) is 15.6. The van der Waals surface area contributed by atoms with Gasteiger partial charge in [-0.3, -0.25) is 24.6 Å². The highest BCUT2D eigenvalue weighted by atomic mass is 16.5. The van der Waals surface area contributed by atoms with Crippen LogP contribution in [0.3, 0.4) is 0 Å². The summed E-state index contributed by atoms with van der Waals surface area (Å²) >= 11 is 0. The second kappa shape index (κ2) is 9.33. The Hall–Kier alpha value is -3.23. The number of nitrogens with zero attached hydrogens (tertiary/aromatic N) is 2. The van der Waals surface area contributed by atoms with E-state index >= 15 is 0 Å². The molecule has 0 radical (unpaired) electrons. The van der Waals surface area contributed by atoms with Gasteiger partial charge in [0, 0.05) is 45.3 Å². The Bertz CT molecular complexity index is 1310. The number of ether oxygens (including phenoxy) is 2. The van der Waals surface area contributed by atoms with Crippen molar-refractivity contribution in [3.05, 3.63) is 64.7 Å². The fourth-order valence-electron chi connectivity index (χ4n) is 3.99. The summed E-state index contributed by atoms with van der Waals surface area (Å²) in [6.07, 6.45) is -5.98. The Morgan fingerprint density at radius 1 is 1.09 bits per heavy atom. The third-order valence-corrected chi connectivity index (χ3v) is 5.72. The number of hydrogen-bond acceptors (Lipinski definition) is 6. The minimum absolute atomic E-state index is 0.104. The molecule has 0 unspecified atom stereocenters. The van der Waals surface area contributed by atoms with Crippen LogP contribution >= 0.6 is 0 Å². The summed E-state index contributed by atoms with van der Waals surface area (Å²) in [6.45, 7) is 0.208. The van der Waals surface area contributed by atoms with Crippen molar-refractivity contribution < 1.29 is 32.1 Å². The van der Waals surface area contributed by atoms with Crippen molar-refractivity contribution in [3.8, 4) is 5.75 Å². The molecular formula is C25H27N3O5. The number of piperidine rings is 1. The second-order valence-corrected chi connectivity index (χ2v) is 7.90.